The highest BCUT2D eigenvalue weighted by molar-refractivity contribution is 5.72. The number of aromatic nitrogens is 2. The standard InChI is InChI=1S/C21H36N2O4/c1-16(2)15-18(17(3)4)20(25)27-14-10-8-6-5-7-9-13-23-19(24)11-12-22-21(23)26/h11-12,16-18H,5-10,13-15H2,1-4H3,(H,22,26). The van der Waals surface area contributed by atoms with Crippen LogP contribution in [0.5, 0.6) is 0 Å². The minimum absolute atomic E-state index is 0.00505. The fourth-order valence-electron chi connectivity index (χ4n) is 3.17. The maximum absolute atomic E-state index is 12.2. The Morgan fingerprint density at radius 2 is 1.67 bits per heavy atom. The summed E-state index contributed by atoms with van der Waals surface area (Å²) < 4.78 is 6.70. The molecule has 1 heterocycles. The summed E-state index contributed by atoms with van der Waals surface area (Å²) in [4.78, 5) is 37.9. The van der Waals surface area contributed by atoms with Crippen LogP contribution in [-0.4, -0.2) is 22.1 Å². The molecule has 6 nitrogen and oxygen atoms in total. The van der Waals surface area contributed by atoms with E-state index in [1.54, 1.807) is 0 Å². The average molecular weight is 381 g/mol. The summed E-state index contributed by atoms with van der Waals surface area (Å²) in [6.45, 7) is 9.37. The van der Waals surface area contributed by atoms with Crippen LogP contribution >= 0.6 is 0 Å². The quantitative estimate of drug-likeness (QED) is 0.417. The van der Waals surface area contributed by atoms with E-state index < -0.39 is 0 Å². The zero-order valence-electron chi connectivity index (χ0n) is 17.3. The minimum atomic E-state index is -0.346. The number of esters is 1. The van der Waals surface area contributed by atoms with E-state index in [0.717, 1.165) is 44.9 Å². The van der Waals surface area contributed by atoms with Gasteiger partial charge in [0.2, 0.25) is 0 Å². The van der Waals surface area contributed by atoms with Crippen LogP contribution in [0.15, 0.2) is 21.9 Å². The molecular formula is C21H36N2O4. The molecule has 1 rings (SSSR count). The molecule has 0 saturated carbocycles. The molecule has 0 spiro atoms. The van der Waals surface area contributed by atoms with Crippen LogP contribution in [0.2, 0.25) is 0 Å². The van der Waals surface area contributed by atoms with Crippen molar-refractivity contribution >= 4 is 5.97 Å². The lowest BCUT2D eigenvalue weighted by Gasteiger charge is -2.21. The third kappa shape index (κ3) is 9.07. The van der Waals surface area contributed by atoms with E-state index in [1.165, 1.54) is 16.8 Å². The Balaban J connectivity index is 2.11. The second kappa shape index (κ2) is 12.5. The third-order valence-electron chi connectivity index (χ3n) is 4.80. The van der Waals surface area contributed by atoms with Crippen molar-refractivity contribution in [2.24, 2.45) is 17.8 Å². The van der Waals surface area contributed by atoms with Crippen LogP contribution in [0.1, 0.15) is 72.6 Å². The number of hydrogen-bond acceptors (Lipinski definition) is 4. The van der Waals surface area contributed by atoms with Crippen molar-refractivity contribution in [1.82, 2.24) is 9.55 Å². The van der Waals surface area contributed by atoms with E-state index in [0.29, 0.717) is 25.0 Å². The topological polar surface area (TPSA) is 81.2 Å². The molecule has 154 valence electrons. The molecule has 0 fully saturated rings. The molecule has 0 aliphatic heterocycles. The van der Waals surface area contributed by atoms with E-state index >= 15 is 0 Å². The molecule has 1 aromatic rings. The van der Waals surface area contributed by atoms with Crippen LogP contribution < -0.4 is 11.2 Å². The predicted molar refractivity (Wildman–Crippen MR) is 108 cm³/mol. The van der Waals surface area contributed by atoms with E-state index in [2.05, 4.69) is 32.7 Å². The lowest BCUT2D eigenvalue weighted by atomic mass is 9.88. The predicted octanol–water partition coefficient (Wildman–Crippen LogP) is 3.74. The van der Waals surface area contributed by atoms with Gasteiger partial charge in [0.25, 0.3) is 5.56 Å². The summed E-state index contributed by atoms with van der Waals surface area (Å²) in [7, 11) is 0. The third-order valence-corrected chi connectivity index (χ3v) is 4.80. The first-order valence-electron chi connectivity index (χ1n) is 10.3. The molecule has 0 bridgehead atoms. The number of hydrogen-bond donors (Lipinski definition) is 1. The zero-order chi connectivity index (χ0) is 20.2. The molecule has 6 heteroatoms. The first-order valence-corrected chi connectivity index (χ1v) is 10.3. The fraction of sp³-hybridized carbons (Fsp3) is 0.762. The maximum atomic E-state index is 12.2. The van der Waals surface area contributed by atoms with Crippen molar-refractivity contribution in [1.29, 1.82) is 0 Å². The van der Waals surface area contributed by atoms with Gasteiger partial charge in [-0.05, 0) is 31.1 Å². The SMILES string of the molecule is CC(C)CC(C(=O)OCCCCCCCCn1c(=O)cc[nH]c1=O)C(C)C. The van der Waals surface area contributed by atoms with Gasteiger partial charge < -0.3 is 9.72 Å². The molecule has 0 aliphatic rings. The Morgan fingerprint density at radius 3 is 2.26 bits per heavy atom. The number of ether oxygens (including phenoxy) is 1. The van der Waals surface area contributed by atoms with Gasteiger partial charge in [-0.15, -0.1) is 0 Å². The normalized spacial score (nSPS) is 12.5. The van der Waals surface area contributed by atoms with Gasteiger partial charge in [-0.25, -0.2) is 4.79 Å². The highest BCUT2D eigenvalue weighted by atomic mass is 16.5. The molecule has 0 radical (unpaired) electrons. The Bertz CT molecular complexity index is 632. The molecule has 1 N–H and O–H groups in total. The lowest BCUT2D eigenvalue weighted by Crippen LogP contribution is -2.33. The van der Waals surface area contributed by atoms with Gasteiger partial charge in [0.1, 0.15) is 0 Å². The molecule has 0 aliphatic carbocycles. The molecule has 27 heavy (non-hydrogen) atoms. The van der Waals surface area contributed by atoms with Crippen molar-refractivity contribution < 1.29 is 9.53 Å². The Morgan fingerprint density at radius 1 is 1.04 bits per heavy atom. The number of nitrogens with one attached hydrogen (secondary N) is 1. The van der Waals surface area contributed by atoms with Crippen LogP contribution in [0.25, 0.3) is 0 Å². The van der Waals surface area contributed by atoms with Crippen LogP contribution in [-0.2, 0) is 16.1 Å². The van der Waals surface area contributed by atoms with Gasteiger partial charge in [-0.3, -0.25) is 14.2 Å². The van der Waals surface area contributed by atoms with Crippen LogP contribution in [0.4, 0.5) is 0 Å². The van der Waals surface area contributed by atoms with Gasteiger partial charge in [0.05, 0.1) is 12.5 Å². The van der Waals surface area contributed by atoms with Crippen LogP contribution in [0, 0.1) is 17.8 Å². The Labute approximate surface area is 162 Å². The number of carbonyl (C=O) groups is 1. The smallest absolute Gasteiger partial charge is 0.328 e. The monoisotopic (exact) mass is 380 g/mol. The Kier molecular flexibility index (Phi) is 10.8. The number of aromatic amines is 1. The summed E-state index contributed by atoms with van der Waals surface area (Å²) in [5.74, 6) is 0.739. The van der Waals surface area contributed by atoms with Gasteiger partial charge in [0.15, 0.2) is 0 Å². The lowest BCUT2D eigenvalue weighted by molar-refractivity contribution is -0.151. The number of rotatable bonds is 13. The second-order valence-corrected chi connectivity index (χ2v) is 8.04. The summed E-state index contributed by atoms with van der Waals surface area (Å²) in [5, 5.41) is 0. The van der Waals surface area contributed by atoms with Crippen molar-refractivity contribution in [3.63, 3.8) is 0 Å². The van der Waals surface area contributed by atoms with Crippen molar-refractivity contribution in [2.45, 2.75) is 79.2 Å². The van der Waals surface area contributed by atoms with Gasteiger partial charge in [0, 0.05) is 18.8 Å². The highest BCUT2D eigenvalue weighted by Gasteiger charge is 2.24. The maximum Gasteiger partial charge on any atom is 0.328 e. The number of carbonyl (C=O) groups excluding carboxylic acids is 1. The van der Waals surface area contributed by atoms with E-state index in [1.807, 2.05) is 0 Å². The molecule has 1 unspecified atom stereocenters. The van der Waals surface area contributed by atoms with Gasteiger partial charge >= 0.3 is 11.7 Å². The van der Waals surface area contributed by atoms with E-state index in [-0.39, 0.29) is 23.1 Å². The van der Waals surface area contributed by atoms with Crippen molar-refractivity contribution in [2.75, 3.05) is 6.61 Å². The largest absolute Gasteiger partial charge is 0.465 e. The zero-order valence-corrected chi connectivity index (χ0v) is 17.3. The molecule has 1 atom stereocenters. The number of unbranched alkanes of at least 4 members (excludes halogenated alkanes) is 5. The first kappa shape index (κ1) is 23.2. The fourth-order valence-corrected chi connectivity index (χ4v) is 3.17. The van der Waals surface area contributed by atoms with Crippen LogP contribution in [0.3, 0.4) is 0 Å². The van der Waals surface area contributed by atoms with Crippen molar-refractivity contribution in [3.8, 4) is 0 Å². The van der Waals surface area contributed by atoms with Gasteiger partial charge in [-0.2, -0.15) is 0 Å². The minimum Gasteiger partial charge on any atom is -0.465 e. The molecule has 0 aromatic carbocycles. The molecule has 0 amide bonds. The summed E-state index contributed by atoms with van der Waals surface area (Å²) in [5.41, 5.74) is -0.598. The summed E-state index contributed by atoms with van der Waals surface area (Å²) in [6.07, 6.45) is 8.07. The number of H-pyrrole nitrogens is 1. The van der Waals surface area contributed by atoms with E-state index in [4.69, 9.17) is 4.74 Å². The average Bonchev–Trinajstić information content (AvgIpc) is 2.59. The molecule has 1 aromatic heterocycles. The Hall–Kier alpha value is -1.85. The second-order valence-electron chi connectivity index (χ2n) is 8.04. The first-order chi connectivity index (χ1) is 12.8. The molecular weight excluding hydrogens is 344 g/mol. The van der Waals surface area contributed by atoms with Gasteiger partial charge in [-0.1, -0.05) is 53.4 Å². The van der Waals surface area contributed by atoms with E-state index in [9.17, 15) is 14.4 Å². The summed E-state index contributed by atoms with van der Waals surface area (Å²) >= 11 is 0. The number of nitrogens with zero attached hydrogens (tertiary/aromatic N) is 1. The highest BCUT2D eigenvalue weighted by Crippen LogP contribution is 2.21. The summed E-state index contributed by atoms with van der Waals surface area (Å²) in [6, 6.07) is 1.37. The molecule has 0 saturated heterocycles. The van der Waals surface area contributed by atoms with Crippen molar-refractivity contribution in [3.05, 3.63) is 33.1 Å².